The van der Waals surface area contributed by atoms with Crippen molar-refractivity contribution in [3.63, 3.8) is 0 Å². The molecule has 140 valence electrons. The van der Waals surface area contributed by atoms with Gasteiger partial charge in [-0.2, -0.15) is 0 Å². The number of benzene rings is 2. The highest BCUT2D eigenvalue weighted by molar-refractivity contribution is 7.99. The lowest BCUT2D eigenvalue weighted by Gasteiger charge is -2.16. The fourth-order valence-electron chi connectivity index (χ4n) is 2.78. The number of rotatable bonds is 7. The van der Waals surface area contributed by atoms with Crippen LogP contribution in [0.2, 0.25) is 0 Å². The average molecular weight is 381 g/mol. The lowest BCUT2D eigenvalue weighted by molar-refractivity contribution is -0.127. The molecule has 4 nitrogen and oxygen atoms in total. The van der Waals surface area contributed by atoms with Crippen molar-refractivity contribution in [2.45, 2.75) is 26.1 Å². The molecule has 0 radical (unpaired) electrons. The van der Waals surface area contributed by atoms with Gasteiger partial charge >= 0.3 is 0 Å². The lowest BCUT2D eigenvalue weighted by atomic mass is 10.1. The number of carbonyl (C=O) groups is 1. The molecule has 0 fully saturated rings. The Balaban J connectivity index is 1.54. The first kappa shape index (κ1) is 19.2. The highest BCUT2D eigenvalue weighted by Gasteiger charge is 2.14. The molecule has 0 aliphatic carbocycles. The van der Waals surface area contributed by atoms with Crippen LogP contribution < -0.4 is 0 Å². The summed E-state index contributed by atoms with van der Waals surface area (Å²) in [5.74, 6) is 2.66. The van der Waals surface area contributed by atoms with Crippen molar-refractivity contribution < 1.29 is 9.21 Å². The van der Waals surface area contributed by atoms with Gasteiger partial charge in [0, 0.05) is 24.9 Å². The molecule has 3 aromatic rings. The Morgan fingerprint density at radius 3 is 2.52 bits per heavy atom. The number of aryl methyl sites for hydroxylation is 2. The molecule has 5 heteroatoms. The van der Waals surface area contributed by atoms with Crippen molar-refractivity contribution in [3.8, 4) is 11.5 Å². The summed E-state index contributed by atoms with van der Waals surface area (Å²) in [5, 5.41) is 0. The number of hydrogen-bond donors (Lipinski definition) is 0. The van der Waals surface area contributed by atoms with E-state index in [-0.39, 0.29) is 5.91 Å². The highest BCUT2D eigenvalue weighted by atomic mass is 32.2. The van der Waals surface area contributed by atoms with Crippen molar-refractivity contribution in [1.82, 2.24) is 9.88 Å². The van der Waals surface area contributed by atoms with Crippen molar-refractivity contribution in [2.24, 2.45) is 0 Å². The van der Waals surface area contributed by atoms with E-state index in [9.17, 15) is 4.79 Å². The number of oxazole rings is 1. The van der Waals surface area contributed by atoms with Crippen LogP contribution in [0.3, 0.4) is 0 Å². The van der Waals surface area contributed by atoms with E-state index in [0.717, 1.165) is 28.1 Å². The maximum Gasteiger partial charge on any atom is 0.232 e. The molecule has 0 atom stereocenters. The molecule has 1 amide bonds. The minimum absolute atomic E-state index is 0.115. The Morgan fingerprint density at radius 2 is 1.78 bits per heavy atom. The topological polar surface area (TPSA) is 46.3 Å². The Labute approximate surface area is 164 Å². The van der Waals surface area contributed by atoms with Crippen LogP contribution in [0.5, 0.6) is 0 Å². The first-order valence-corrected chi connectivity index (χ1v) is 10.1. The molecule has 0 saturated carbocycles. The predicted octanol–water partition coefficient (Wildman–Crippen LogP) is 4.85. The van der Waals surface area contributed by atoms with E-state index in [4.69, 9.17) is 4.42 Å². The third-order valence-corrected chi connectivity index (χ3v) is 5.35. The molecule has 0 saturated heterocycles. The first-order chi connectivity index (χ1) is 13.0. The van der Waals surface area contributed by atoms with Gasteiger partial charge in [0.15, 0.2) is 0 Å². The molecular weight excluding hydrogens is 356 g/mol. The number of nitrogens with zero attached hydrogens (tertiary/aromatic N) is 2. The molecule has 0 bridgehead atoms. The third kappa shape index (κ3) is 5.01. The summed E-state index contributed by atoms with van der Waals surface area (Å²) in [6.07, 6.45) is 0. The summed E-state index contributed by atoms with van der Waals surface area (Å²) in [6.45, 7) is 4.60. The normalized spacial score (nSPS) is 10.8. The quantitative estimate of drug-likeness (QED) is 0.588. The van der Waals surface area contributed by atoms with Gasteiger partial charge in [0.2, 0.25) is 11.8 Å². The largest absolute Gasteiger partial charge is 0.441 e. The molecule has 0 aliphatic rings. The molecule has 2 aromatic carbocycles. The van der Waals surface area contributed by atoms with Gasteiger partial charge in [-0.05, 0) is 31.0 Å². The van der Waals surface area contributed by atoms with E-state index in [0.29, 0.717) is 23.9 Å². The van der Waals surface area contributed by atoms with Crippen LogP contribution in [0.1, 0.15) is 22.6 Å². The smallest absolute Gasteiger partial charge is 0.232 e. The van der Waals surface area contributed by atoms with E-state index in [1.807, 2.05) is 75.5 Å². The number of amides is 1. The van der Waals surface area contributed by atoms with Gasteiger partial charge in [0.25, 0.3) is 0 Å². The Kier molecular flexibility index (Phi) is 6.35. The van der Waals surface area contributed by atoms with Gasteiger partial charge < -0.3 is 9.32 Å². The summed E-state index contributed by atoms with van der Waals surface area (Å²) in [6, 6.07) is 18.1. The van der Waals surface area contributed by atoms with E-state index in [1.165, 1.54) is 0 Å². The van der Waals surface area contributed by atoms with Gasteiger partial charge in [-0.3, -0.25) is 4.79 Å². The molecule has 0 aliphatic heterocycles. The van der Waals surface area contributed by atoms with Gasteiger partial charge in [0.05, 0.1) is 11.4 Å². The number of carbonyl (C=O) groups excluding carboxylic acids is 1. The molecule has 1 heterocycles. The molecule has 1 aromatic heterocycles. The Bertz CT molecular complexity index is 906. The highest BCUT2D eigenvalue weighted by Crippen LogP contribution is 2.26. The maximum absolute atomic E-state index is 12.4. The second-order valence-electron chi connectivity index (χ2n) is 6.57. The minimum atomic E-state index is 0.115. The fraction of sp³-hybridized carbons (Fsp3) is 0.273. The maximum atomic E-state index is 12.4. The van der Waals surface area contributed by atoms with Gasteiger partial charge in [-0.1, -0.05) is 48.5 Å². The summed E-state index contributed by atoms with van der Waals surface area (Å²) in [7, 11) is 1.84. The lowest BCUT2D eigenvalue weighted by Crippen LogP contribution is -2.27. The van der Waals surface area contributed by atoms with Crippen molar-refractivity contribution >= 4 is 17.7 Å². The number of hydrogen-bond acceptors (Lipinski definition) is 4. The molecule has 0 N–H and O–H groups in total. The van der Waals surface area contributed by atoms with E-state index in [2.05, 4.69) is 4.98 Å². The van der Waals surface area contributed by atoms with Crippen LogP contribution in [0.15, 0.2) is 59.0 Å². The zero-order chi connectivity index (χ0) is 19.2. The second kappa shape index (κ2) is 8.91. The van der Waals surface area contributed by atoms with Crippen molar-refractivity contribution in [1.29, 1.82) is 0 Å². The van der Waals surface area contributed by atoms with Crippen LogP contribution in [-0.4, -0.2) is 28.6 Å². The van der Waals surface area contributed by atoms with Crippen molar-refractivity contribution in [3.05, 3.63) is 77.2 Å². The summed E-state index contributed by atoms with van der Waals surface area (Å²) >= 11 is 1.57. The zero-order valence-electron chi connectivity index (χ0n) is 15.9. The summed E-state index contributed by atoms with van der Waals surface area (Å²) in [5.41, 5.74) is 4.18. The van der Waals surface area contributed by atoms with Crippen LogP contribution in [0, 0.1) is 13.8 Å². The van der Waals surface area contributed by atoms with Crippen LogP contribution in [-0.2, 0) is 17.1 Å². The van der Waals surface area contributed by atoms with E-state index < -0.39 is 0 Å². The third-order valence-electron chi connectivity index (χ3n) is 4.42. The zero-order valence-corrected chi connectivity index (χ0v) is 16.8. The first-order valence-electron chi connectivity index (χ1n) is 8.92. The predicted molar refractivity (Wildman–Crippen MR) is 110 cm³/mol. The summed E-state index contributed by atoms with van der Waals surface area (Å²) in [4.78, 5) is 18.8. The summed E-state index contributed by atoms with van der Waals surface area (Å²) < 4.78 is 5.85. The number of aromatic nitrogens is 1. The monoisotopic (exact) mass is 380 g/mol. The van der Waals surface area contributed by atoms with E-state index in [1.54, 1.807) is 16.7 Å². The van der Waals surface area contributed by atoms with Crippen molar-refractivity contribution in [2.75, 3.05) is 12.8 Å². The van der Waals surface area contributed by atoms with Crippen LogP contribution >= 0.6 is 11.8 Å². The Hall–Kier alpha value is -2.53. The van der Waals surface area contributed by atoms with Gasteiger partial charge in [0.1, 0.15) is 5.76 Å². The molecule has 0 spiro atoms. The minimum Gasteiger partial charge on any atom is -0.441 e. The Morgan fingerprint density at radius 1 is 1.07 bits per heavy atom. The standard InChI is InChI=1S/C22H24N2O2S/c1-16-9-7-8-12-19(16)22-23-20(17(2)26-22)14-27-15-21(25)24(3)13-18-10-5-4-6-11-18/h4-12H,13-15H2,1-3H3. The number of thioether (sulfide) groups is 1. The van der Waals surface area contributed by atoms with Gasteiger partial charge in [-0.15, -0.1) is 11.8 Å². The van der Waals surface area contributed by atoms with E-state index >= 15 is 0 Å². The SMILES string of the molecule is Cc1ccccc1-c1nc(CSCC(=O)N(C)Cc2ccccc2)c(C)o1. The second-order valence-corrected chi connectivity index (χ2v) is 7.55. The van der Waals surface area contributed by atoms with Crippen LogP contribution in [0.25, 0.3) is 11.5 Å². The molecule has 0 unspecified atom stereocenters. The average Bonchev–Trinajstić information content (AvgIpc) is 3.03. The van der Waals surface area contributed by atoms with Gasteiger partial charge in [-0.25, -0.2) is 4.98 Å². The molecule has 3 rings (SSSR count). The fourth-order valence-corrected chi connectivity index (χ4v) is 3.74. The molecular formula is C22H24N2O2S. The van der Waals surface area contributed by atoms with Crippen LogP contribution in [0.4, 0.5) is 0 Å². The molecule has 27 heavy (non-hydrogen) atoms.